The maximum absolute atomic E-state index is 12.8. The Kier molecular flexibility index (Phi) is 35.5. The minimum absolute atomic E-state index is 0.160. The number of morpholine rings is 2. The topological polar surface area (TPSA) is 531 Å². The van der Waals surface area contributed by atoms with Crippen molar-refractivity contribution in [2.45, 2.75) is 75.0 Å². The smallest absolute Gasteiger partial charge is 0.323 e. The number of nitrogens with one attached hydrogen (secondary N) is 13. The van der Waals surface area contributed by atoms with Crippen molar-refractivity contribution < 1.29 is 62.2 Å². The fourth-order valence-corrected chi connectivity index (χ4v) is 17.5. The van der Waals surface area contributed by atoms with E-state index >= 15 is 0 Å². The lowest BCUT2D eigenvalue weighted by atomic mass is 10.1. The van der Waals surface area contributed by atoms with Crippen LogP contribution in [-0.4, -0.2) is 169 Å². The molecule has 2 saturated heterocycles. The molecule has 141 heavy (non-hydrogen) atoms. The summed E-state index contributed by atoms with van der Waals surface area (Å²) >= 11 is 0. The Morgan fingerprint density at radius 3 is 0.957 bits per heavy atom. The molecule has 43 heteroatoms. The lowest BCUT2D eigenvalue weighted by Gasteiger charge is -2.27. The molecule has 6 aromatic heterocycles. The molecule has 4 atom stereocenters. The molecule has 0 aliphatic carbocycles. The number of aromatic nitrogens is 10. The Balaban J connectivity index is 0.000000158. The van der Waals surface area contributed by atoms with Crippen LogP contribution in [0.15, 0.2) is 288 Å². The molecule has 0 spiro atoms. The molecule has 0 radical (unpaired) electrons. The van der Waals surface area contributed by atoms with E-state index in [1.54, 1.807) is 126 Å². The van der Waals surface area contributed by atoms with Crippen LogP contribution >= 0.6 is 0 Å². The molecule has 4 unspecified atom stereocenters. The van der Waals surface area contributed by atoms with Crippen molar-refractivity contribution in [3.05, 3.63) is 307 Å². The van der Waals surface area contributed by atoms with E-state index in [1.807, 2.05) is 113 Å². The van der Waals surface area contributed by atoms with Crippen LogP contribution in [0.4, 0.5) is 91.4 Å². The molecule has 0 bridgehead atoms. The molecule has 5 amide bonds. The normalized spacial score (nSPS) is 13.9. The van der Waals surface area contributed by atoms with Gasteiger partial charge in [-0.3, -0.25) is 41.1 Å². The van der Waals surface area contributed by atoms with Crippen LogP contribution in [0, 0.1) is 46.8 Å². The number of ether oxygens (including phenoxy) is 2. The van der Waals surface area contributed by atoms with Crippen LogP contribution in [0.2, 0.25) is 0 Å². The van der Waals surface area contributed by atoms with Gasteiger partial charge in [-0.2, -0.15) is 9.97 Å². The summed E-state index contributed by atoms with van der Waals surface area (Å²) in [6.07, 6.45) is 13.6. The predicted molar refractivity (Wildman–Crippen MR) is 544 cm³/mol. The highest BCUT2D eigenvalue weighted by molar-refractivity contribution is 7.88. The van der Waals surface area contributed by atoms with Gasteiger partial charge in [-0.1, -0.05) is 24.3 Å². The highest BCUT2D eigenvalue weighted by Gasteiger charge is 2.22. The number of pyridine rings is 2. The monoisotopic (exact) mass is 1980 g/mol. The summed E-state index contributed by atoms with van der Waals surface area (Å²) < 4.78 is 111. The summed E-state index contributed by atoms with van der Waals surface area (Å²) in [4.78, 5) is 99.8. The van der Waals surface area contributed by atoms with Gasteiger partial charge in [0, 0.05) is 155 Å². The van der Waals surface area contributed by atoms with Crippen molar-refractivity contribution in [3.63, 3.8) is 0 Å². The van der Waals surface area contributed by atoms with Crippen LogP contribution in [0.1, 0.15) is 81.0 Å². The van der Waals surface area contributed by atoms with Gasteiger partial charge in [-0.15, -0.1) is 0 Å². The zero-order valence-electron chi connectivity index (χ0n) is 78.1. The van der Waals surface area contributed by atoms with Crippen molar-refractivity contribution in [3.8, 4) is 22.5 Å². The lowest BCUT2D eigenvalue weighted by Crippen LogP contribution is -2.36. The number of hydrogen-bond acceptors (Lipinski definition) is 34. The first-order valence-corrected chi connectivity index (χ1v) is 50.3. The molecule has 39 nitrogen and oxygen atoms in total. The molecule has 2 fully saturated rings. The number of hydrogen-bond donors (Lipinski definition) is 13. The average Bonchev–Trinajstić information content (AvgIpc) is 0.870. The Hall–Kier alpha value is -15.6. The Morgan fingerprint density at radius 1 is 0.333 bits per heavy atom. The molecule has 0 saturated carbocycles. The number of aryl methyl sites for hydroxylation is 4. The van der Waals surface area contributed by atoms with Gasteiger partial charge in [0.2, 0.25) is 23.8 Å². The largest absolute Gasteiger partial charge is 0.378 e. The minimum atomic E-state index is -3.33. The van der Waals surface area contributed by atoms with Crippen LogP contribution in [0.3, 0.4) is 0 Å². The van der Waals surface area contributed by atoms with Crippen LogP contribution in [0.5, 0.6) is 0 Å². The van der Waals surface area contributed by atoms with Gasteiger partial charge in [-0.05, 0) is 272 Å². The molecule has 14 aromatic rings. The van der Waals surface area contributed by atoms with Gasteiger partial charge >= 0.3 is 6.03 Å². The minimum Gasteiger partial charge on any atom is -0.378 e. The number of benzene rings is 8. The first-order valence-electron chi connectivity index (χ1n) is 44.3. The van der Waals surface area contributed by atoms with E-state index in [0.29, 0.717) is 95.3 Å². The number of urea groups is 1. The van der Waals surface area contributed by atoms with Crippen molar-refractivity contribution in [1.82, 2.24) is 49.8 Å². The highest BCUT2D eigenvalue weighted by Crippen LogP contribution is 2.32. The van der Waals surface area contributed by atoms with Gasteiger partial charge in [0.1, 0.15) is 11.6 Å². The molecule has 8 heterocycles. The average molecular weight is 1990 g/mol. The molecular formula is C98H105N25O14S4. The quantitative estimate of drug-likeness (QED) is 0.0186. The van der Waals surface area contributed by atoms with Gasteiger partial charge < -0.3 is 67.1 Å². The van der Waals surface area contributed by atoms with E-state index in [4.69, 9.17) is 45.3 Å². The molecule has 2 aliphatic rings. The summed E-state index contributed by atoms with van der Waals surface area (Å²) in [6, 6.07) is 60.5. The van der Waals surface area contributed by atoms with Crippen LogP contribution < -0.4 is 57.7 Å². The number of amides is 5. The zero-order chi connectivity index (χ0) is 100. The third kappa shape index (κ3) is 29.3. The summed E-state index contributed by atoms with van der Waals surface area (Å²) in [6.45, 7) is 20.9. The van der Waals surface area contributed by atoms with Gasteiger partial charge in [0.05, 0.1) is 83.8 Å². The molecule has 8 aromatic carbocycles. The third-order valence-corrected chi connectivity index (χ3v) is 26.8. The summed E-state index contributed by atoms with van der Waals surface area (Å²) in [5, 5.41) is 27.0. The van der Waals surface area contributed by atoms with E-state index in [2.05, 4.69) is 107 Å². The second-order valence-corrected chi connectivity index (χ2v) is 37.8. The van der Waals surface area contributed by atoms with E-state index in [-0.39, 0.29) is 63.7 Å². The van der Waals surface area contributed by atoms with Crippen molar-refractivity contribution in [2.75, 3.05) is 137 Å². The van der Waals surface area contributed by atoms with Crippen LogP contribution in [0.25, 0.3) is 22.5 Å². The van der Waals surface area contributed by atoms with E-state index in [1.165, 1.54) is 84.9 Å². The molecule has 13 N–H and O–H groups in total. The number of rotatable bonds is 32. The molecule has 16 rings (SSSR count). The maximum Gasteiger partial charge on any atom is 0.323 e. The Labute approximate surface area is 817 Å². The first-order chi connectivity index (χ1) is 67.9. The second-order valence-electron chi connectivity index (χ2n) is 31.0. The number of nitrogens with zero attached hydrogens (tertiary/aromatic N) is 12. The zero-order valence-corrected chi connectivity index (χ0v) is 81.4. The van der Waals surface area contributed by atoms with Crippen LogP contribution in [-0.2, 0) is 66.2 Å². The molecule has 730 valence electrons. The lowest BCUT2D eigenvalue weighted by molar-refractivity contribution is 0.101. The third-order valence-electron chi connectivity index (χ3n) is 21.0. The van der Waals surface area contributed by atoms with E-state index in [9.17, 15) is 36.0 Å². The van der Waals surface area contributed by atoms with E-state index < -0.39 is 46.1 Å². The molecule has 2 aliphatic heterocycles. The van der Waals surface area contributed by atoms with Crippen molar-refractivity contribution in [2.24, 2.45) is 0 Å². The molecular weight excluding hydrogens is 1880 g/mol. The number of carbonyl (C=O) groups is 4. The number of carbonyl (C=O) groups excluding carboxylic acids is 4. The fraction of sp³-hybridized carbons (Fsp3) is 0.204. The Morgan fingerprint density at radius 2 is 0.631 bits per heavy atom. The second kappa shape index (κ2) is 48.6. The summed E-state index contributed by atoms with van der Waals surface area (Å²) in [5.74, 6) is 2.42. The highest BCUT2D eigenvalue weighted by atomic mass is 32.2. The van der Waals surface area contributed by atoms with Gasteiger partial charge in [0.25, 0.3) is 17.7 Å². The summed E-state index contributed by atoms with van der Waals surface area (Å²) in [7, 11) is -13.3. The SMILES string of the molecule is CCOS(=N)(=O)c1ccc(C(=O)Nc2ccc(C)c(Nc3nccc(-c4cccnc4)n3)c2)cc1.CCOS(=N)(=O)c1ccc(C(=O)Nc2ccc(C)c(Nc3nccc(-c4ccncc4)n3)c2)cc1.CCOS(=N)(=O)c1ccc(C(=O)Nc2ccc(C)c(Nc3nccc(N4CCOCC4)n3)c2)cc1.CCOS(=N)(=O)c1ccc(NC(=O)Nc2ccc(C)c(Nc3nccc(N4CCOCC4)n3)c2)cc1. The first kappa shape index (κ1) is 103. The van der Waals surface area contributed by atoms with Gasteiger partial charge in [-0.25, -0.2) is 70.7 Å². The predicted octanol–water partition coefficient (Wildman–Crippen LogP) is 18.7. The fourth-order valence-electron chi connectivity index (χ4n) is 13.7. The van der Waals surface area contributed by atoms with E-state index in [0.717, 1.165) is 105 Å². The standard InChI is InChI=1S/2C25H24N6O3S.C24H29N7O4S.C24H28N6O4S/c1-3-34-35(26,33)21-8-5-19(6-9-21)24(32)29-20-7-4-17(2)23(16-20)31-25-28-15-12-22(30-25)18-10-13-27-14-11-18;1-3-34-35(26,33)21-10-7-18(8-11-21)24(32)29-20-9-6-17(2)23(15-20)31-25-28-14-12-22(30-25)19-5-4-13-27-16-19;1-3-35-36(25,33)20-8-6-18(7-9-20)27-24(32)28-19-5-4-17(2)21(16-19)29-23-26-11-10-22(30-23)31-12-14-34-15-13-31;1-3-34-35(25,32)20-8-5-18(6-9-20)23(31)27-19-7-4-17(2)21(16-19)28-24-26-11-10-22(29-24)30-12-14-33-15-13-30/h2*4-16,26H,3H2,1-2H3,(H,29,32)(H,28,30,31);4-11,16,25H,3,12-15H2,1-2H3,(H,26,29,30)(H2,27,28,32);4-11,16,25H,3,12-15H2,1-2H3,(H,27,31)(H,26,28,29). The number of anilines is 15. The van der Waals surface area contributed by atoms with Crippen molar-refractivity contribution >= 4 is 150 Å². The van der Waals surface area contributed by atoms with Crippen molar-refractivity contribution in [1.29, 1.82) is 19.1 Å². The summed E-state index contributed by atoms with van der Waals surface area (Å²) in [5.41, 5.74) is 14.1. The Bertz CT molecular complexity index is 6970. The maximum atomic E-state index is 12.8. The van der Waals surface area contributed by atoms with Gasteiger partial charge in [0.15, 0.2) is 40.0 Å².